The van der Waals surface area contributed by atoms with Gasteiger partial charge in [0.1, 0.15) is 17.7 Å². The van der Waals surface area contributed by atoms with Crippen molar-refractivity contribution in [3.05, 3.63) is 34.6 Å². The Morgan fingerprint density at radius 3 is 2.84 bits per heavy atom. The van der Waals surface area contributed by atoms with Crippen LogP contribution in [-0.2, 0) is 9.53 Å². The van der Waals surface area contributed by atoms with E-state index in [0.717, 1.165) is 4.47 Å². The van der Waals surface area contributed by atoms with E-state index in [2.05, 4.69) is 26.2 Å². The molecule has 0 aliphatic carbocycles. The Bertz CT molecular complexity index is 514. The molecule has 1 aromatic carbocycles. The van der Waals surface area contributed by atoms with Crippen molar-refractivity contribution < 1.29 is 19.4 Å². The van der Waals surface area contributed by atoms with E-state index in [1.165, 1.54) is 7.11 Å². The number of ether oxygens (including phenoxy) is 2. The molecular formula is C12H13BrN2O4. The molecule has 102 valence electrons. The monoisotopic (exact) mass is 328 g/mol. The third kappa shape index (κ3) is 4.36. The molecule has 0 atom stereocenters. The van der Waals surface area contributed by atoms with Gasteiger partial charge in [-0.2, -0.15) is 0 Å². The zero-order valence-electron chi connectivity index (χ0n) is 10.5. The zero-order valence-corrected chi connectivity index (χ0v) is 12.0. The van der Waals surface area contributed by atoms with Gasteiger partial charge < -0.3 is 14.6 Å². The second kappa shape index (κ2) is 7.52. The van der Waals surface area contributed by atoms with Gasteiger partial charge in [0.15, 0.2) is 0 Å². The van der Waals surface area contributed by atoms with E-state index in [-0.39, 0.29) is 12.3 Å². The molecule has 0 fully saturated rings. The molecule has 0 aliphatic heterocycles. The third-order valence-electron chi connectivity index (χ3n) is 2.01. The van der Waals surface area contributed by atoms with Gasteiger partial charge in [0.05, 0.1) is 13.7 Å². The van der Waals surface area contributed by atoms with Crippen molar-refractivity contribution in [1.29, 1.82) is 0 Å². The summed E-state index contributed by atoms with van der Waals surface area (Å²) in [4.78, 5) is 11.4. The largest absolute Gasteiger partial charge is 0.513 e. The zero-order chi connectivity index (χ0) is 14.3. The Labute approximate surface area is 118 Å². The smallest absolute Gasteiger partial charge is 0.362 e. The predicted molar refractivity (Wildman–Crippen MR) is 72.6 cm³/mol. The number of aliphatic hydroxyl groups excluding tert-OH is 1. The molecule has 0 saturated heterocycles. The van der Waals surface area contributed by atoms with E-state index in [0.29, 0.717) is 17.7 Å². The summed E-state index contributed by atoms with van der Waals surface area (Å²) in [6.45, 7) is 1.84. The van der Waals surface area contributed by atoms with Gasteiger partial charge in [-0.1, -0.05) is 15.9 Å². The highest BCUT2D eigenvalue weighted by molar-refractivity contribution is 9.10. The Kier molecular flexibility index (Phi) is 6.01. The molecule has 1 rings (SSSR count). The lowest BCUT2D eigenvalue weighted by Crippen LogP contribution is -2.05. The first-order valence-electron chi connectivity index (χ1n) is 5.39. The quantitative estimate of drug-likeness (QED) is 0.388. The van der Waals surface area contributed by atoms with Crippen LogP contribution in [0.25, 0.3) is 0 Å². The number of nitrogens with zero attached hydrogens (tertiary/aromatic N) is 2. The summed E-state index contributed by atoms with van der Waals surface area (Å²) in [5.74, 6) is -0.260. The highest BCUT2D eigenvalue weighted by atomic mass is 79.9. The van der Waals surface area contributed by atoms with Crippen molar-refractivity contribution in [3.63, 3.8) is 0 Å². The number of azo groups is 1. The van der Waals surface area contributed by atoms with Crippen LogP contribution in [0.4, 0.5) is 5.69 Å². The molecule has 0 radical (unpaired) electrons. The summed E-state index contributed by atoms with van der Waals surface area (Å²) in [7, 11) is 1.49. The summed E-state index contributed by atoms with van der Waals surface area (Å²) in [6.07, 6.45) is 0.548. The summed E-state index contributed by atoms with van der Waals surface area (Å²) in [6, 6.07) is 5.12. The Hall–Kier alpha value is -1.89. The number of aliphatic hydroxyl groups is 1. The molecule has 0 aliphatic rings. The molecule has 19 heavy (non-hydrogen) atoms. The Morgan fingerprint density at radius 2 is 2.26 bits per heavy atom. The number of benzene rings is 1. The lowest BCUT2D eigenvalue weighted by atomic mass is 10.3. The lowest BCUT2D eigenvalue weighted by molar-refractivity contribution is -0.138. The minimum Gasteiger partial charge on any atom is -0.513 e. The topological polar surface area (TPSA) is 80.5 Å². The van der Waals surface area contributed by atoms with E-state index in [4.69, 9.17) is 14.6 Å². The Morgan fingerprint density at radius 1 is 1.53 bits per heavy atom. The number of rotatable bonds is 5. The number of carbonyl (C=O) groups excluding carboxylic acids is 1. The first kappa shape index (κ1) is 15.2. The van der Waals surface area contributed by atoms with Crippen LogP contribution in [-0.4, -0.2) is 24.8 Å². The summed E-state index contributed by atoms with van der Waals surface area (Å²) < 4.78 is 10.6. The van der Waals surface area contributed by atoms with Gasteiger partial charge in [-0.25, -0.2) is 4.79 Å². The molecular weight excluding hydrogens is 316 g/mol. The number of hydrogen-bond acceptors (Lipinski definition) is 6. The molecule has 1 aromatic rings. The first-order valence-corrected chi connectivity index (χ1v) is 6.18. The van der Waals surface area contributed by atoms with Gasteiger partial charge in [0.25, 0.3) is 0 Å². The van der Waals surface area contributed by atoms with E-state index in [1.54, 1.807) is 25.1 Å². The van der Waals surface area contributed by atoms with Crippen molar-refractivity contribution in [1.82, 2.24) is 0 Å². The molecule has 0 unspecified atom stereocenters. The van der Waals surface area contributed by atoms with Gasteiger partial charge in [-0.3, -0.25) is 0 Å². The molecule has 6 nitrogen and oxygen atoms in total. The van der Waals surface area contributed by atoms with Crippen LogP contribution >= 0.6 is 15.9 Å². The maximum absolute atomic E-state index is 11.4. The van der Waals surface area contributed by atoms with Crippen LogP contribution in [0.1, 0.15) is 6.92 Å². The number of halogens is 1. The van der Waals surface area contributed by atoms with Crippen LogP contribution in [0.5, 0.6) is 5.75 Å². The highest BCUT2D eigenvalue weighted by Crippen LogP contribution is 2.31. The van der Waals surface area contributed by atoms with Crippen LogP contribution in [0.2, 0.25) is 0 Å². The fraction of sp³-hybridized carbons (Fsp3) is 0.250. The van der Waals surface area contributed by atoms with Gasteiger partial charge in [0, 0.05) is 4.47 Å². The lowest BCUT2D eigenvalue weighted by Gasteiger charge is -2.04. The van der Waals surface area contributed by atoms with Crippen LogP contribution in [0.15, 0.2) is 44.9 Å². The molecule has 1 N–H and O–H groups in total. The van der Waals surface area contributed by atoms with Crippen LogP contribution < -0.4 is 4.74 Å². The minimum absolute atomic E-state index is 0.188. The number of carbonyl (C=O) groups is 1. The van der Waals surface area contributed by atoms with Crippen molar-refractivity contribution >= 4 is 27.6 Å². The summed E-state index contributed by atoms with van der Waals surface area (Å²) >= 11 is 3.30. The second-order valence-corrected chi connectivity index (χ2v) is 4.17. The first-order chi connectivity index (χ1) is 9.12. The predicted octanol–water partition coefficient (Wildman–Crippen LogP) is 3.50. The van der Waals surface area contributed by atoms with E-state index < -0.39 is 5.97 Å². The van der Waals surface area contributed by atoms with Gasteiger partial charge in [-0.15, -0.1) is 10.2 Å². The maximum atomic E-state index is 11.4. The average Bonchev–Trinajstić information content (AvgIpc) is 2.41. The van der Waals surface area contributed by atoms with Gasteiger partial charge in [0.2, 0.25) is 5.70 Å². The Balaban J connectivity index is 2.94. The number of hydrogen-bond donors (Lipinski definition) is 1. The SMILES string of the molecule is CCOC(=O)/C(=C/O)N=Nc1ccc(Br)cc1OC. The van der Waals surface area contributed by atoms with E-state index >= 15 is 0 Å². The number of methoxy groups -OCH3 is 1. The molecule has 0 bridgehead atoms. The minimum atomic E-state index is -0.746. The van der Waals surface area contributed by atoms with E-state index in [1.807, 2.05) is 0 Å². The highest BCUT2D eigenvalue weighted by Gasteiger charge is 2.10. The van der Waals surface area contributed by atoms with Crippen molar-refractivity contribution in [3.8, 4) is 5.75 Å². The summed E-state index contributed by atoms with van der Waals surface area (Å²) in [5, 5.41) is 16.4. The standard InChI is InChI=1S/C12H13BrN2O4/c1-3-19-12(17)10(7-16)15-14-9-5-4-8(13)6-11(9)18-2/h4-7,16H,3H2,1-2H3/b10-7-,15-14?. The van der Waals surface area contributed by atoms with Gasteiger partial charge in [-0.05, 0) is 25.1 Å². The van der Waals surface area contributed by atoms with Gasteiger partial charge >= 0.3 is 5.97 Å². The molecule has 0 saturated carbocycles. The van der Waals surface area contributed by atoms with Crippen molar-refractivity contribution in [2.75, 3.05) is 13.7 Å². The fourth-order valence-electron chi connectivity index (χ4n) is 1.17. The molecule has 0 heterocycles. The van der Waals surface area contributed by atoms with Crippen molar-refractivity contribution in [2.45, 2.75) is 6.92 Å². The number of esters is 1. The molecule has 7 heteroatoms. The van der Waals surface area contributed by atoms with Crippen LogP contribution in [0, 0.1) is 0 Å². The summed E-state index contributed by atoms with van der Waals surface area (Å²) in [5.41, 5.74) is 0.140. The van der Waals surface area contributed by atoms with E-state index in [9.17, 15) is 4.79 Å². The molecule has 0 aromatic heterocycles. The second-order valence-electron chi connectivity index (χ2n) is 3.25. The maximum Gasteiger partial charge on any atom is 0.362 e. The normalized spacial score (nSPS) is 11.6. The van der Waals surface area contributed by atoms with Crippen molar-refractivity contribution in [2.24, 2.45) is 10.2 Å². The van der Waals surface area contributed by atoms with Crippen LogP contribution in [0.3, 0.4) is 0 Å². The average molecular weight is 329 g/mol. The molecule has 0 amide bonds. The third-order valence-corrected chi connectivity index (χ3v) is 2.51. The molecule has 0 spiro atoms. The fourth-order valence-corrected chi connectivity index (χ4v) is 1.51.